The smallest absolute Gasteiger partial charge is 0.0656 e. The molecule has 0 radical (unpaired) electrons. The van der Waals surface area contributed by atoms with Crippen molar-refractivity contribution in [1.29, 1.82) is 0 Å². The standard InChI is InChI=1S/C25H22N2/c1-26-27(23-18-16-21(17-19-23)20-10-4-2-5-11-20)25-15-9-8-14-24(25)22-12-6-3-7-13-22/h2-19,26H,1H3. The van der Waals surface area contributed by atoms with Crippen molar-refractivity contribution < 1.29 is 0 Å². The highest BCUT2D eigenvalue weighted by molar-refractivity contribution is 5.82. The number of rotatable bonds is 5. The van der Waals surface area contributed by atoms with Crippen LogP contribution in [0.15, 0.2) is 109 Å². The molecule has 0 heterocycles. The molecule has 0 saturated carbocycles. The molecule has 4 rings (SSSR count). The van der Waals surface area contributed by atoms with Crippen LogP contribution in [0.3, 0.4) is 0 Å². The Kier molecular flexibility index (Phi) is 4.99. The Morgan fingerprint density at radius 3 is 1.67 bits per heavy atom. The van der Waals surface area contributed by atoms with Crippen molar-refractivity contribution in [3.8, 4) is 22.3 Å². The van der Waals surface area contributed by atoms with E-state index < -0.39 is 0 Å². The highest BCUT2D eigenvalue weighted by Gasteiger charge is 2.13. The van der Waals surface area contributed by atoms with Crippen LogP contribution in [0.1, 0.15) is 0 Å². The average molecular weight is 350 g/mol. The predicted octanol–water partition coefficient (Wildman–Crippen LogP) is 6.29. The van der Waals surface area contributed by atoms with E-state index in [1.165, 1.54) is 22.3 Å². The molecule has 0 aliphatic carbocycles. The molecule has 0 bridgehead atoms. The fraction of sp³-hybridized carbons (Fsp3) is 0.0400. The molecule has 0 saturated heterocycles. The Bertz CT molecular complexity index is 993. The molecule has 1 N–H and O–H groups in total. The lowest BCUT2D eigenvalue weighted by Gasteiger charge is -2.26. The molecule has 4 aromatic rings. The van der Waals surface area contributed by atoms with Crippen LogP contribution in [-0.2, 0) is 0 Å². The van der Waals surface area contributed by atoms with Crippen LogP contribution in [0, 0.1) is 0 Å². The maximum Gasteiger partial charge on any atom is 0.0656 e. The number of hydrogen-bond donors (Lipinski definition) is 1. The summed E-state index contributed by atoms with van der Waals surface area (Å²) in [5.74, 6) is 0. The van der Waals surface area contributed by atoms with Gasteiger partial charge < -0.3 is 0 Å². The van der Waals surface area contributed by atoms with Crippen molar-refractivity contribution in [2.24, 2.45) is 0 Å². The second-order valence-corrected chi connectivity index (χ2v) is 6.36. The van der Waals surface area contributed by atoms with Gasteiger partial charge in [-0.3, -0.25) is 5.01 Å². The van der Waals surface area contributed by atoms with E-state index in [2.05, 4.69) is 107 Å². The zero-order chi connectivity index (χ0) is 18.5. The summed E-state index contributed by atoms with van der Waals surface area (Å²) in [4.78, 5) is 0. The van der Waals surface area contributed by atoms with Crippen molar-refractivity contribution in [2.45, 2.75) is 0 Å². The Balaban J connectivity index is 1.71. The van der Waals surface area contributed by atoms with Crippen LogP contribution in [0.5, 0.6) is 0 Å². The van der Waals surface area contributed by atoms with Crippen molar-refractivity contribution in [3.05, 3.63) is 109 Å². The maximum absolute atomic E-state index is 3.34. The molecule has 0 aromatic heterocycles. The summed E-state index contributed by atoms with van der Waals surface area (Å²) in [6.07, 6.45) is 0. The van der Waals surface area contributed by atoms with E-state index in [0.29, 0.717) is 0 Å². The van der Waals surface area contributed by atoms with Crippen molar-refractivity contribution in [1.82, 2.24) is 5.43 Å². The number of hydrazine groups is 1. The largest absolute Gasteiger partial charge is 0.277 e. The van der Waals surface area contributed by atoms with Crippen LogP contribution in [-0.4, -0.2) is 7.05 Å². The van der Waals surface area contributed by atoms with Gasteiger partial charge in [-0.2, -0.15) is 0 Å². The van der Waals surface area contributed by atoms with Gasteiger partial charge in [0.1, 0.15) is 0 Å². The molecule has 0 atom stereocenters. The number of benzene rings is 4. The van der Waals surface area contributed by atoms with Gasteiger partial charge in [-0.1, -0.05) is 91.0 Å². The Morgan fingerprint density at radius 1 is 0.519 bits per heavy atom. The summed E-state index contributed by atoms with van der Waals surface area (Å²) in [5.41, 5.74) is 10.4. The third kappa shape index (κ3) is 3.62. The lowest BCUT2D eigenvalue weighted by atomic mass is 10.0. The molecular formula is C25H22N2. The van der Waals surface area contributed by atoms with Gasteiger partial charge in [0.15, 0.2) is 0 Å². The van der Waals surface area contributed by atoms with E-state index in [1.807, 2.05) is 19.2 Å². The zero-order valence-corrected chi connectivity index (χ0v) is 15.3. The Morgan fingerprint density at radius 2 is 1.04 bits per heavy atom. The zero-order valence-electron chi connectivity index (χ0n) is 15.3. The minimum absolute atomic E-state index is 1.10. The number of para-hydroxylation sites is 1. The van der Waals surface area contributed by atoms with Gasteiger partial charge in [0.25, 0.3) is 0 Å². The van der Waals surface area contributed by atoms with Gasteiger partial charge in [0.05, 0.1) is 11.4 Å². The van der Waals surface area contributed by atoms with Gasteiger partial charge in [0, 0.05) is 12.6 Å². The minimum atomic E-state index is 1.10. The number of nitrogens with zero attached hydrogens (tertiary/aromatic N) is 1. The second-order valence-electron chi connectivity index (χ2n) is 6.36. The molecular weight excluding hydrogens is 328 g/mol. The van der Waals surface area contributed by atoms with E-state index in [9.17, 15) is 0 Å². The van der Waals surface area contributed by atoms with Crippen LogP contribution < -0.4 is 10.4 Å². The van der Waals surface area contributed by atoms with E-state index in [-0.39, 0.29) is 0 Å². The van der Waals surface area contributed by atoms with Crippen LogP contribution in [0.2, 0.25) is 0 Å². The second kappa shape index (κ2) is 7.90. The molecule has 132 valence electrons. The maximum atomic E-state index is 3.34. The normalized spacial score (nSPS) is 10.6. The predicted molar refractivity (Wildman–Crippen MR) is 115 cm³/mol. The fourth-order valence-electron chi connectivity index (χ4n) is 3.35. The first-order chi connectivity index (χ1) is 13.4. The van der Waals surface area contributed by atoms with E-state index in [0.717, 1.165) is 11.4 Å². The van der Waals surface area contributed by atoms with Crippen LogP contribution in [0.4, 0.5) is 11.4 Å². The quantitative estimate of drug-likeness (QED) is 0.425. The first kappa shape index (κ1) is 17.1. The summed E-state index contributed by atoms with van der Waals surface area (Å²) in [5, 5.41) is 2.12. The molecule has 0 aliphatic rings. The van der Waals surface area contributed by atoms with Crippen molar-refractivity contribution in [3.63, 3.8) is 0 Å². The number of anilines is 2. The van der Waals surface area contributed by atoms with Gasteiger partial charge in [-0.25, -0.2) is 5.43 Å². The van der Waals surface area contributed by atoms with E-state index in [1.54, 1.807) is 0 Å². The van der Waals surface area contributed by atoms with Gasteiger partial charge in [-0.05, 0) is 34.9 Å². The van der Waals surface area contributed by atoms with E-state index in [4.69, 9.17) is 0 Å². The van der Waals surface area contributed by atoms with Crippen LogP contribution >= 0.6 is 0 Å². The molecule has 2 heteroatoms. The summed E-state index contributed by atoms with van der Waals surface area (Å²) in [6.45, 7) is 0. The molecule has 0 unspecified atom stereocenters. The van der Waals surface area contributed by atoms with Gasteiger partial charge in [-0.15, -0.1) is 0 Å². The highest BCUT2D eigenvalue weighted by Crippen LogP contribution is 2.34. The molecule has 0 aliphatic heterocycles. The summed E-state index contributed by atoms with van der Waals surface area (Å²) < 4.78 is 0. The van der Waals surface area contributed by atoms with Gasteiger partial charge >= 0.3 is 0 Å². The number of nitrogens with one attached hydrogen (secondary N) is 1. The Labute approximate surface area is 160 Å². The summed E-state index contributed by atoms with van der Waals surface area (Å²) in [6, 6.07) is 38.0. The SMILES string of the molecule is CNN(c1ccc(-c2ccccc2)cc1)c1ccccc1-c1ccccc1. The topological polar surface area (TPSA) is 15.3 Å². The van der Waals surface area contributed by atoms with E-state index >= 15 is 0 Å². The summed E-state index contributed by atoms with van der Waals surface area (Å²) in [7, 11) is 1.95. The summed E-state index contributed by atoms with van der Waals surface area (Å²) >= 11 is 0. The molecule has 0 spiro atoms. The third-order valence-corrected chi connectivity index (χ3v) is 4.69. The molecule has 2 nitrogen and oxygen atoms in total. The first-order valence-corrected chi connectivity index (χ1v) is 9.14. The van der Waals surface area contributed by atoms with Crippen molar-refractivity contribution in [2.75, 3.05) is 12.1 Å². The molecule has 0 fully saturated rings. The fourth-order valence-corrected chi connectivity index (χ4v) is 3.35. The van der Waals surface area contributed by atoms with Crippen LogP contribution in [0.25, 0.3) is 22.3 Å². The monoisotopic (exact) mass is 350 g/mol. The van der Waals surface area contributed by atoms with Crippen molar-refractivity contribution >= 4 is 11.4 Å². The lowest BCUT2D eigenvalue weighted by molar-refractivity contribution is 0.836. The molecule has 4 aromatic carbocycles. The first-order valence-electron chi connectivity index (χ1n) is 9.14. The molecule has 0 amide bonds. The third-order valence-electron chi connectivity index (χ3n) is 4.69. The highest BCUT2D eigenvalue weighted by atomic mass is 15.5. The lowest BCUT2D eigenvalue weighted by Crippen LogP contribution is -2.30. The average Bonchev–Trinajstić information content (AvgIpc) is 2.76. The minimum Gasteiger partial charge on any atom is -0.277 e. The Hall–Kier alpha value is -3.36. The number of hydrogen-bond acceptors (Lipinski definition) is 2. The molecule has 27 heavy (non-hydrogen) atoms. The van der Waals surface area contributed by atoms with Gasteiger partial charge in [0.2, 0.25) is 0 Å².